The third-order valence-electron chi connectivity index (χ3n) is 4.74. The van der Waals surface area contributed by atoms with Gasteiger partial charge in [-0.1, -0.05) is 49.2 Å². The number of nitrogens with one attached hydrogen (secondary N) is 2. The van der Waals surface area contributed by atoms with Crippen molar-refractivity contribution in [1.29, 1.82) is 0 Å². The van der Waals surface area contributed by atoms with Gasteiger partial charge in [0.05, 0.1) is 18.0 Å². The minimum atomic E-state index is -0.202. The van der Waals surface area contributed by atoms with Gasteiger partial charge in [0.2, 0.25) is 17.0 Å². The second-order valence-electron chi connectivity index (χ2n) is 6.85. The van der Waals surface area contributed by atoms with Crippen LogP contribution in [-0.2, 0) is 9.59 Å². The highest BCUT2D eigenvalue weighted by Crippen LogP contribution is 2.33. The normalized spacial score (nSPS) is 14.6. The van der Waals surface area contributed by atoms with Crippen molar-refractivity contribution in [1.82, 2.24) is 25.4 Å². The quantitative estimate of drug-likeness (QED) is 0.664. The Morgan fingerprint density at radius 2 is 1.86 bits per heavy atom. The Balaban J connectivity index is 1.67. The van der Waals surface area contributed by atoms with Crippen molar-refractivity contribution in [3.8, 4) is 5.69 Å². The first kappa shape index (κ1) is 20.4. The van der Waals surface area contributed by atoms with Crippen molar-refractivity contribution < 1.29 is 9.59 Å². The molecule has 0 saturated heterocycles. The topological polar surface area (TPSA) is 88.9 Å². The van der Waals surface area contributed by atoms with E-state index in [-0.39, 0.29) is 24.1 Å². The fraction of sp³-hybridized carbons (Fsp3) is 0.500. The molecule has 2 amide bonds. The standard InChI is InChI=1S/C20H27N5O2S/c1-2-21-17(26)13-22-18(27)14-28-20-23-19(15-9-5-3-6-10-15)25(24-20)16-11-7-4-8-12-16/h4,7-8,11-12,15H,2-3,5-6,9-10,13-14H2,1H3,(H,21,26)(H,22,27). The van der Waals surface area contributed by atoms with Crippen LogP contribution in [-0.4, -0.2) is 45.4 Å². The Morgan fingerprint density at radius 1 is 1.11 bits per heavy atom. The first-order valence-electron chi connectivity index (χ1n) is 9.86. The van der Waals surface area contributed by atoms with E-state index < -0.39 is 0 Å². The molecule has 0 spiro atoms. The zero-order valence-corrected chi connectivity index (χ0v) is 17.0. The number of likely N-dealkylation sites (N-methyl/N-ethyl adjacent to an activating group) is 1. The van der Waals surface area contributed by atoms with E-state index in [1.807, 2.05) is 41.9 Å². The molecule has 1 aliphatic carbocycles. The maximum absolute atomic E-state index is 12.0. The van der Waals surface area contributed by atoms with E-state index >= 15 is 0 Å². The predicted octanol–water partition coefficient (Wildman–Crippen LogP) is 2.66. The number of carbonyl (C=O) groups excluding carboxylic acids is 2. The maximum Gasteiger partial charge on any atom is 0.239 e. The van der Waals surface area contributed by atoms with Gasteiger partial charge in [0.15, 0.2) is 0 Å². The van der Waals surface area contributed by atoms with Gasteiger partial charge < -0.3 is 10.6 Å². The van der Waals surface area contributed by atoms with Crippen LogP contribution in [0.1, 0.15) is 50.8 Å². The number of nitrogens with zero attached hydrogens (tertiary/aromatic N) is 3. The molecule has 8 heteroatoms. The van der Waals surface area contributed by atoms with E-state index in [4.69, 9.17) is 4.98 Å². The number of rotatable bonds is 8. The Hall–Kier alpha value is -2.35. The van der Waals surface area contributed by atoms with Crippen molar-refractivity contribution in [2.75, 3.05) is 18.8 Å². The van der Waals surface area contributed by atoms with E-state index in [1.165, 1.54) is 31.0 Å². The van der Waals surface area contributed by atoms with E-state index in [1.54, 1.807) is 0 Å². The van der Waals surface area contributed by atoms with Crippen LogP contribution in [0.4, 0.5) is 0 Å². The summed E-state index contributed by atoms with van der Waals surface area (Å²) in [5.74, 6) is 1.18. The summed E-state index contributed by atoms with van der Waals surface area (Å²) >= 11 is 1.30. The molecule has 7 nitrogen and oxygen atoms in total. The molecule has 0 bridgehead atoms. The number of amides is 2. The second-order valence-corrected chi connectivity index (χ2v) is 7.80. The summed E-state index contributed by atoms with van der Waals surface area (Å²) in [5, 5.41) is 10.5. The molecule has 1 heterocycles. The summed E-state index contributed by atoms with van der Waals surface area (Å²) in [7, 11) is 0. The summed E-state index contributed by atoms with van der Waals surface area (Å²) in [5.41, 5.74) is 0.989. The van der Waals surface area contributed by atoms with Crippen LogP contribution in [0.3, 0.4) is 0 Å². The van der Waals surface area contributed by atoms with Crippen LogP contribution < -0.4 is 10.6 Å². The fourth-order valence-electron chi connectivity index (χ4n) is 3.37. The van der Waals surface area contributed by atoms with Crippen LogP contribution >= 0.6 is 11.8 Å². The summed E-state index contributed by atoms with van der Waals surface area (Å²) in [6, 6.07) is 10.0. The van der Waals surface area contributed by atoms with Crippen molar-refractivity contribution in [2.24, 2.45) is 0 Å². The van der Waals surface area contributed by atoms with Gasteiger partial charge in [0.25, 0.3) is 0 Å². The van der Waals surface area contributed by atoms with Crippen molar-refractivity contribution in [3.05, 3.63) is 36.2 Å². The van der Waals surface area contributed by atoms with E-state index in [2.05, 4.69) is 15.7 Å². The predicted molar refractivity (Wildman–Crippen MR) is 110 cm³/mol. The summed E-state index contributed by atoms with van der Waals surface area (Å²) in [6.07, 6.45) is 5.97. The van der Waals surface area contributed by atoms with Crippen LogP contribution in [0, 0.1) is 0 Å². The zero-order chi connectivity index (χ0) is 19.8. The number of benzene rings is 1. The van der Waals surface area contributed by atoms with Gasteiger partial charge in [-0.05, 0) is 31.9 Å². The first-order chi connectivity index (χ1) is 13.7. The number of aromatic nitrogens is 3. The highest BCUT2D eigenvalue weighted by atomic mass is 32.2. The molecular formula is C20H27N5O2S. The minimum absolute atomic E-state index is 0.00750. The zero-order valence-electron chi connectivity index (χ0n) is 16.2. The molecule has 0 radical (unpaired) electrons. The lowest BCUT2D eigenvalue weighted by Crippen LogP contribution is -2.37. The monoisotopic (exact) mass is 401 g/mol. The molecule has 1 aromatic carbocycles. The molecule has 1 fully saturated rings. The van der Waals surface area contributed by atoms with Crippen LogP contribution in [0.5, 0.6) is 0 Å². The SMILES string of the molecule is CCNC(=O)CNC(=O)CSc1nc(C2CCCCC2)n(-c2ccccc2)n1. The molecule has 0 atom stereocenters. The van der Waals surface area contributed by atoms with Crippen molar-refractivity contribution in [3.63, 3.8) is 0 Å². The molecule has 1 aromatic heterocycles. The molecule has 150 valence electrons. The molecule has 0 aliphatic heterocycles. The molecule has 28 heavy (non-hydrogen) atoms. The Kier molecular flexibility index (Phi) is 7.47. The summed E-state index contributed by atoms with van der Waals surface area (Å²) in [4.78, 5) is 28.2. The average Bonchev–Trinajstić information content (AvgIpc) is 3.17. The van der Waals surface area contributed by atoms with E-state index in [9.17, 15) is 9.59 Å². The lowest BCUT2D eigenvalue weighted by molar-refractivity contribution is -0.124. The number of carbonyl (C=O) groups is 2. The maximum atomic E-state index is 12.0. The molecular weight excluding hydrogens is 374 g/mol. The number of thioether (sulfide) groups is 1. The molecule has 2 aromatic rings. The van der Waals surface area contributed by atoms with Gasteiger partial charge in [-0.3, -0.25) is 9.59 Å². The summed E-state index contributed by atoms with van der Waals surface area (Å²) in [6.45, 7) is 2.38. The highest BCUT2D eigenvalue weighted by Gasteiger charge is 2.23. The van der Waals surface area contributed by atoms with Gasteiger partial charge in [-0.2, -0.15) is 0 Å². The molecule has 2 N–H and O–H groups in total. The smallest absolute Gasteiger partial charge is 0.239 e. The minimum Gasteiger partial charge on any atom is -0.355 e. The lowest BCUT2D eigenvalue weighted by atomic mass is 9.88. The number of hydrogen-bond donors (Lipinski definition) is 2. The van der Waals surface area contributed by atoms with Gasteiger partial charge in [-0.25, -0.2) is 9.67 Å². The number of hydrogen-bond acceptors (Lipinski definition) is 5. The number of para-hydroxylation sites is 1. The summed E-state index contributed by atoms with van der Waals surface area (Å²) < 4.78 is 1.92. The van der Waals surface area contributed by atoms with Crippen LogP contribution in [0.25, 0.3) is 5.69 Å². The van der Waals surface area contributed by atoms with Crippen molar-refractivity contribution >= 4 is 23.6 Å². The molecule has 0 unspecified atom stereocenters. The first-order valence-corrected chi connectivity index (χ1v) is 10.8. The molecule has 1 saturated carbocycles. The van der Waals surface area contributed by atoms with Gasteiger partial charge >= 0.3 is 0 Å². The Labute approximate surface area is 169 Å². The Morgan fingerprint density at radius 3 is 2.57 bits per heavy atom. The Bertz CT molecular complexity index is 787. The van der Waals surface area contributed by atoms with Gasteiger partial charge in [0, 0.05) is 12.5 Å². The van der Waals surface area contributed by atoms with E-state index in [0.717, 1.165) is 24.4 Å². The van der Waals surface area contributed by atoms with Gasteiger partial charge in [-0.15, -0.1) is 5.10 Å². The van der Waals surface area contributed by atoms with E-state index in [0.29, 0.717) is 17.6 Å². The molecule has 3 rings (SSSR count). The van der Waals surface area contributed by atoms with Crippen LogP contribution in [0.2, 0.25) is 0 Å². The van der Waals surface area contributed by atoms with Gasteiger partial charge in [0.1, 0.15) is 5.82 Å². The second kappa shape index (κ2) is 10.3. The van der Waals surface area contributed by atoms with Crippen LogP contribution in [0.15, 0.2) is 35.5 Å². The molecule has 1 aliphatic rings. The average molecular weight is 402 g/mol. The third-order valence-corrected chi connectivity index (χ3v) is 5.57. The van der Waals surface area contributed by atoms with Crippen molar-refractivity contribution in [2.45, 2.75) is 50.1 Å². The fourth-order valence-corrected chi connectivity index (χ4v) is 4.03. The third kappa shape index (κ3) is 5.58. The largest absolute Gasteiger partial charge is 0.355 e. The highest BCUT2D eigenvalue weighted by molar-refractivity contribution is 7.99. The lowest BCUT2D eigenvalue weighted by Gasteiger charge is -2.21.